The lowest BCUT2D eigenvalue weighted by Crippen LogP contribution is -2.25. The summed E-state index contributed by atoms with van der Waals surface area (Å²) in [7, 11) is 1.91. The van der Waals surface area contributed by atoms with Crippen molar-refractivity contribution < 1.29 is 0 Å². The van der Waals surface area contributed by atoms with Crippen molar-refractivity contribution in [2.75, 3.05) is 11.4 Å². The van der Waals surface area contributed by atoms with E-state index in [0.717, 1.165) is 30.4 Å². The monoisotopic (exact) mass is 263 g/mol. The molecule has 2 heterocycles. The standard InChI is InChI=1S/C12H17N5S/c1-4-17(11-14-15-12(18)16(11)3)8-10-7-5-6-9(2)13-10/h5-7H,4,8H2,1-3H3,(H,15,18). The van der Waals surface area contributed by atoms with Gasteiger partial charge in [0.15, 0.2) is 4.77 Å². The molecule has 0 radical (unpaired) electrons. The first-order valence-electron chi connectivity index (χ1n) is 5.90. The molecule has 0 spiro atoms. The van der Waals surface area contributed by atoms with E-state index in [1.54, 1.807) is 0 Å². The van der Waals surface area contributed by atoms with E-state index in [9.17, 15) is 0 Å². The lowest BCUT2D eigenvalue weighted by molar-refractivity contribution is 0.737. The lowest BCUT2D eigenvalue weighted by Gasteiger charge is -2.20. The van der Waals surface area contributed by atoms with Crippen LogP contribution in [0, 0.1) is 11.7 Å². The molecule has 0 aliphatic heterocycles. The molecule has 5 nitrogen and oxygen atoms in total. The van der Waals surface area contributed by atoms with Crippen LogP contribution in [0.2, 0.25) is 0 Å². The highest BCUT2D eigenvalue weighted by atomic mass is 32.1. The fraction of sp³-hybridized carbons (Fsp3) is 0.417. The third kappa shape index (κ3) is 2.59. The number of pyridine rings is 1. The molecule has 0 unspecified atom stereocenters. The summed E-state index contributed by atoms with van der Waals surface area (Å²) in [6.07, 6.45) is 0. The summed E-state index contributed by atoms with van der Waals surface area (Å²) in [5.41, 5.74) is 2.06. The minimum Gasteiger partial charge on any atom is -0.335 e. The van der Waals surface area contributed by atoms with Crippen molar-refractivity contribution in [3.63, 3.8) is 0 Å². The fourth-order valence-electron chi connectivity index (χ4n) is 1.83. The van der Waals surface area contributed by atoms with Gasteiger partial charge in [0.1, 0.15) is 0 Å². The van der Waals surface area contributed by atoms with Gasteiger partial charge in [0.2, 0.25) is 5.95 Å². The molecular weight excluding hydrogens is 246 g/mol. The molecule has 0 atom stereocenters. The SMILES string of the molecule is CCN(Cc1cccc(C)n1)c1n[nH]c(=S)n1C. The third-order valence-corrected chi connectivity index (χ3v) is 3.18. The highest BCUT2D eigenvalue weighted by Crippen LogP contribution is 2.12. The number of aromatic nitrogens is 4. The highest BCUT2D eigenvalue weighted by molar-refractivity contribution is 7.71. The number of H-pyrrole nitrogens is 1. The van der Waals surface area contributed by atoms with Crippen LogP contribution in [-0.2, 0) is 13.6 Å². The molecule has 1 N–H and O–H groups in total. The van der Waals surface area contributed by atoms with Gasteiger partial charge in [-0.2, -0.15) is 0 Å². The number of nitrogens with zero attached hydrogens (tertiary/aromatic N) is 4. The van der Waals surface area contributed by atoms with Gasteiger partial charge >= 0.3 is 0 Å². The molecule has 0 amide bonds. The van der Waals surface area contributed by atoms with Crippen LogP contribution in [-0.4, -0.2) is 26.3 Å². The summed E-state index contributed by atoms with van der Waals surface area (Å²) in [6, 6.07) is 6.04. The van der Waals surface area contributed by atoms with E-state index >= 15 is 0 Å². The molecular formula is C12H17N5S. The van der Waals surface area contributed by atoms with Crippen LogP contribution in [0.1, 0.15) is 18.3 Å². The Morgan fingerprint density at radius 2 is 2.22 bits per heavy atom. The van der Waals surface area contributed by atoms with Crippen molar-refractivity contribution >= 4 is 18.2 Å². The first kappa shape index (κ1) is 12.8. The molecule has 6 heteroatoms. The van der Waals surface area contributed by atoms with Crippen molar-refractivity contribution in [3.8, 4) is 0 Å². The summed E-state index contributed by atoms with van der Waals surface area (Å²) in [6.45, 7) is 5.66. The topological polar surface area (TPSA) is 49.7 Å². The van der Waals surface area contributed by atoms with Crippen LogP contribution >= 0.6 is 12.2 Å². The molecule has 0 fully saturated rings. The van der Waals surface area contributed by atoms with E-state index in [2.05, 4.69) is 27.0 Å². The average Bonchev–Trinajstić information content (AvgIpc) is 2.67. The Hall–Kier alpha value is -1.69. The Labute approximate surface area is 111 Å². The quantitative estimate of drug-likeness (QED) is 0.859. The molecule has 0 aliphatic rings. The zero-order valence-corrected chi connectivity index (χ0v) is 11.7. The van der Waals surface area contributed by atoms with Gasteiger partial charge in [0.25, 0.3) is 0 Å². The number of hydrogen-bond donors (Lipinski definition) is 1. The normalized spacial score (nSPS) is 10.6. The third-order valence-electron chi connectivity index (χ3n) is 2.82. The summed E-state index contributed by atoms with van der Waals surface area (Å²) in [5.74, 6) is 0.839. The van der Waals surface area contributed by atoms with E-state index in [0.29, 0.717) is 4.77 Å². The predicted octanol–water partition coefficient (Wildman–Crippen LogP) is 2.21. The van der Waals surface area contributed by atoms with E-state index in [-0.39, 0.29) is 0 Å². The van der Waals surface area contributed by atoms with Gasteiger partial charge in [0.05, 0.1) is 12.2 Å². The number of nitrogens with one attached hydrogen (secondary N) is 1. The molecule has 0 saturated heterocycles. The van der Waals surface area contributed by atoms with Crippen molar-refractivity contribution in [1.82, 2.24) is 19.7 Å². The number of aromatic amines is 1. The summed E-state index contributed by atoms with van der Waals surface area (Å²) in [5, 5.41) is 7.05. The van der Waals surface area contributed by atoms with Gasteiger partial charge in [-0.05, 0) is 38.2 Å². The number of hydrogen-bond acceptors (Lipinski definition) is 4. The first-order valence-corrected chi connectivity index (χ1v) is 6.31. The highest BCUT2D eigenvalue weighted by Gasteiger charge is 2.12. The molecule has 96 valence electrons. The van der Waals surface area contributed by atoms with Gasteiger partial charge in [-0.15, -0.1) is 5.10 Å². The van der Waals surface area contributed by atoms with Gasteiger partial charge in [-0.1, -0.05) is 6.07 Å². The molecule has 2 aromatic rings. The number of aryl methyl sites for hydroxylation is 1. The average molecular weight is 263 g/mol. The van der Waals surface area contributed by atoms with Gasteiger partial charge in [-0.25, -0.2) is 5.10 Å². The molecule has 0 bridgehead atoms. The second-order valence-electron chi connectivity index (χ2n) is 4.17. The zero-order chi connectivity index (χ0) is 13.1. The van der Waals surface area contributed by atoms with Crippen LogP contribution in [0.5, 0.6) is 0 Å². The summed E-state index contributed by atoms with van der Waals surface area (Å²) < 4.78 is 2.50. The molecule has 2 aromatic heterocycles. The van der Waals surface area contributed by atoms with Crippen LogP contribution < -0.4 is 4.90 Å². The molecule has 0 saturated carbocycles. The molecule has 18 heavy (non-hydrogen) atoms. The van der Waals surface area contributed by atoms with Gasteiger partial charge < -0.3 is 4.90 Å². The van der Waals surface area contributed by atoms with Gasteiger partial charge in [0, 0.05) is 19.3 Å². The maximum atomic E-state index is 5.13. The number of anilines is 1. The summed E-state index contributed by atoms with van der Waals surface area (Å²) >= 11 is 5.13. The summed E-state index contributed by atoms with van der Waals surface area (Å²) in [4.78, 5) is 6.64. The van der Waals surface area contributed by atoms with Crippen LogP contribution in [0.25, 0.3) is 0 Å². The zero-order valence-electron chi connectivity index (χ0n) is 10.8. The Morgan fingerprint density at radius 3 is 2.78 bits per heavy atom. The van der Waals surface area contributed by atoms with Crippen LogP contribution in [0.3, 0.4) is 0 Å². The lowest BCUT2D eigenvalue weighted by atomic mass is 10.3. The van der Waals surface area contributed by atoms with E-state index in [4.69, 9.17) is 12.2 Å². The Kier molecular flexibility index (Phi) is 3.76. The largest absolute Gasteiger partial charge is 0.335 e. The van der Waals surface area contributed by atoms with Crippen molar-refractivity contribution in [1.29, 1.82) is 0 Å². The second kappa shape index (κ2) is 5.30. The van der Waals surface area contributed by atoms with E-state index < -0.39 is 0 Å². The Bertz CT molecular complexity index is 586. The van der Waals surface area contributed by atoms with Gasteiger partial charge in [-0.3, -0.25) is 9.55 Å². The molecule has 2 rings (SSSR count). The van der Waals surface area contributed by atoms with Crippen LogP contribution in [0.15, 0.2) is 18.2 Å². The maximum absolute atomic E-state index is 5.13. The predicted molar refractivity (Wildman–Crippen MR) is 74.1 cm³/mol. The fourth-order valence-corrected chi connectivity index (χ4v) is 1.96. The smallest absolute Gasteiger partial charge is 0.225 e. The van der Waals surface area contributed by atoms with Crippen LogP contribution in [0.4, 0.5) is 5.95 Å². The second-order valence-corrected chi connectivity index (χ2v) is 4.56. The van der Waals surface area contributed by atoms with Crippen molar-refractivity contribution in [3.05, 3.63) is 34.4 Å². The van der Waals surface area contributed by atoms with E-state index in [1.165, 1.54) is 0 Å². The Morgan fingerprint density at radius 1 is 1.44 bits per heavy atom. The van der Waals surface area contributed by atoms with E-state index in [1.807, 2.05) is 36.7 Å². The minimum absolute atomic E-state index is 0.626. The maximum Gasteiger partial charge on any atom is 0.225 e. The van der Waals surface area contributed by atoms with Crippen molar-refractivity contribution in [2.45, 2.75) is 20.4 Å². The molecule has 0 aliphatic carbocycles. The Balaban J connectivity index is 2.25. The molecule has 0 aromatic carbocycles. The minimum atomic E-state index is 0.626. The first-order chi connectivity index (χ1) is 8.61. The van der Waals surface area contributed by atoms with Crippen molar-refractivity contribution in [2.24, 2.45) is 7.05 Å². The number of rotatable bonds is 4.